The van der Waals surface area contributed by atoms with Crippen molar-refractivity contribution in [2.45, 2.75) is 45.3 Å². The minimum atomic E-state index is 0.221. The predicted octanol–water partition coefficient (Wildman–Crippen LogP) is 2.11. The van der Waals surface area contributed by atoms with Crippen LogP contribution in [0.25, 0.3) is 0 Å². The average molecular weight is 261 g/mol. The Hall–Kier alpha value is -0.900. The highest BCUT2D eigenvalue weighted by molar-refractivity contribution is 5.22. The van der Waals surface area contributed by atoms with Crippen LogP contribution in [0.2, 0.25) is 0 Å². The van der Waals surface area contributed by atoms with Crippen LogP contribution >= 0.6 is 0 Å². The van der Waals surface area contributed by atoms with E-state index in [1.807, 2.05) is 6.92 Å². The first-order valence-electron chi connectivity index (χ1n) is 7.50. The second kappa shape index (κ2) is 7.63. The summed E-state index contributed by atoms with van der Waals surface area (Å²) in [6, 6.07) is 9.20. The molecule has 0 bridgehead atoms. The normalized spacial score (nSPS) is 18.4. The summed E-state index contributed by atoms with van der Waals surface area (Å²) < 4.78 is 0. The van der Waals surface area contributed by atoms with Gasteiger partial charge in [-0.05, 0) is 44.0 Å². The van der Waals surface area contributed by atoms with E-state index in [1.165, 1.54) is 43.5 Å². The molecule has 3 nitrogen and oxygen atoms in total. The Bertz CT molecular complexity index is 353. The van der Waals surface area contributed by atoms with Crippen LogP contribution in [0.1, 0.15) is 37.3 Å². The van der Waals surface area contributed by atoms with E-state index in [4.69, 9.17) is 5.73 Å². The lowest BCUT2D eigenvalue weighted by molar-refractivity contribution is 0.221. The van der Waals surface area contributed by atoms with Crippen molar-refractivity contribution in [2.24, 2.45) is 5.73 Å². The molecule has 0 aliphatic carbocycles. The van der Waals surface area contributed by atoms with E-state index in [0.717, 1.165) is 19.6 Å². The van der Waals surface area contributed by atoms with Gasteiger partial charge in [0.2, 0.25) is 0 Å². The van der Waals surface area contributed by atoms with E-state index >= 15 is 0 Å². The molecule has 1 aromatic rings. The molecule has 0 radical (unpaired) electrons. The molecule has 0 aromatic heterocycles. The zero-order chi connectivity index (χ0) is 13.5. The van der Waals surface area contributed by atoms with Gasteiger partial charge in [-0.25, -0.2) is 0 Å². The maximum atomic E-state index is 5.72. The summed E-state index contributed by atoms with van der Waals surface area (Å²) in [4.78, 5) is 2.56. The fourth-order valence-corrected chi connectivity index (χ4v) is 2.58. The van der Waals surface area contributed by atoms with E-state index in [-0.39, 0.29) is 6.04 Å². The van der Waals surface area contributed by atoms with Crippen LogP contribution < -0.4 is 11.1 Å². The molecule has 1 fully saturated rings. The van der Waals surface area contributed by atoms with Crippen molar-refractivity contribution in [2.75, 3.05) is 19.6 Å². The summed E-state index contributed by atoms with van der Waals surface area (Å²) in [6.45, 7) is 7.43. The van der Waals surface area contributed by atoms with E-state index in [1.54, 1.807) is 0 Å². The summed E-state index contributed by atoms with van der Waals surface area (Å²) in [5.41, 5.74) is 8.48. The lowest BCUT2D eigenvalue weighted by Gasteiger charge is -2.26. The molecule has 1 aliphatic rings. The molecule has 1 aromatic carbocycles. The third kappa shape index (κ3) is 5.31. The first kappa shape index (κ1) is 14.5. The monoisotopic (exact) mass is 261 g/mol. The molecule has 1 heterocycles. The third-order valence-electron chi connectivity index (χ3n) is 3.67. The van der Waals surface area contributed by atoms with Gasteiger partial charge in [0.1, 0.15) is 0 Å². The minimum absolute atomic E-state index is 0.221. The highest BCUT2D eigenvalue weighted by Gasteiger charge is 2.09. The minimum Gasteiger partial charge on any atom is -0.327 e. The van der Waals surface area contributed by atoms with Crippen molar-refractivity contribution in [3.8, 4) is 0 Å². The van der Waals surface area contributed by atoms with Gasteiger partial charge in [-0.15, -0.1) is 0 Å². The van der Waals surface area contributed by atoms with Gasteiger partial charge >= 0.3 is 0 Å². The maximum Gasteiger partial charge on any atom is 0.0233 e. The molecule has 2 rings (SSSR count). The Morgan fingerprint density at radius 2 is 1.74 bits per heavy atom. The Balaban J connectivity index is 1.77. The van der Waals surface area contributed by atoms with Gasteiger partial charge in [-0.1, -0.05) is 30.7 Å². The fourth-order valence-electron chi connectivity index (χ4n) is 2.58. The first-order valence-corrected chi connectivity index (χ1v) is 7.50. The van der Waals surface area contributed by atoms with Crippen molar-refractivity contribution in [1.82, 2.24) is 10.2 Å². The molecule has 0 saturated carbocycles. The molecule has 1 atom stereocenters. The number of nitrogens with zero attached hydrogens (tertiary/aromatic N) is 1. The van der Waals surface area contributed by atoms with Crippen molar-refractivity contribution >= 4 is 0 Å². The number of likely N-dealkylation sites (tertiary alicyclic amines) is 1. The Labute approximate surface area is 117 Å². The molecule has 1 saturated heterocycles. The van der Waals surface area contributed by atoms with Gasteiger partial charge in [0.25, 0.3) is 0 Å². The van der Waals surface area contributed by atoms with Crippen LogP contribution in [0, 0.1) is 0 Å². The van der Waals surface area contributed by atoms with Crippen LogP contribution in [0.4, 0.5) is 0 Å². The standard InChI is InChI=1S/C16H27N3/c1-14(17)11-18-12-15-5-7-16(8-6-15)13-19-9-3-2-4-10-19/h5-8,14,18H,2-4,9-13,17H2,1H3. The molecule has 1 unspecified atom stereocenters. The smallest absolute Gasteiger partial charge is 0.0233 e. The van der Waals surface area contributed by atoms with Gasteiger partial charge in [0.15, 0.2) is 0 Å². The molecular formula is C16H27N3. The van der Waals surface area contributed by atoms with E-state index < -0.39 is 0 Å². The molecule has 3 N–H and O–H groups in total. The van der Waals surface area contributed by atoms with Crippen LogP contribution in [0.15, 0.2) is 24.3 Å². The molecule has 19 heavy (non-hydrogen) atoms. The van der Waals surface area contributed by atoms with Gasteiger partial charge in [0.05, 0.1) is 0 Å². The Morgan fingerprint density at radius 1 is 1.11 bits per heavy atom. The number of piperidine rings is 1. The van der Waals surface area contributed by atoms with Crippen molar-refractivity contribution in [3.63, 3.8) is 0 Å². The van der Waals surface area contributed by atoms with Crippen LogP contribution in [-0.4, -0.2) is 30.6 Å². The largest absolute Gasteiger partial charge is 0.327 e. The SMILES string of the molecule is CC(N)CNCc1ccc(CN2CCCCC2)cc1. The quantitative estimate of drug-likeness (QED) is 0.824. The summed E-state index contributed by atoms with van der Waals surface area (Å²) in [5, 5.41) is 3.37. The average Bonchev–Trinajstić information content (AvgIpc) is 2.42. The zero-order valence-electron chi connectivity index (χ0n) is 12.1. The number of hydrogen-bond donors (Lipinski definition) is 2. The van der Waals surface area contributed by atoms with E-state index in [9.17, 15) is 0 Å². The fraction of sp³-hybridized carbons (Fsp3) is 0.625. The highest BCUT2D eigenvalue weighted by Crippen LogP contribution is 2.13. The Kier molecular flexibility index (Phi) is 5.83. The van der Waals surface area contributed by atoms with Crippen LogP contribution in [0.3, 0.4) is 0 Å². The highest BCUT2D eigenvalue weighted by atomic mass is 15.1. The van der Waals surface area contributed by atoms with E-state index in [0.29, 0.717) is 0 Å². The van der Waals surface area contributed by atoms with Gasteiger partial charge in [-0.3, -0.25) is 4.90 Å². The molecule has 3 heteroatoms. The summed E-state index contributed by atoms with van der Waals surface area (Å²) in [6.07, 6.45) is 4.12. The lowest BCUT2D eigenvalue weighted by Crippen LogP contribution is -2.30. The number of benzene rings is 1. The second-order valence-electron chi connectivity index (χ2n) is 5.76. The summed E-state index contributed by atoms with van der Waals surface area (Å²) in [7, 11) is 0. The Morgan fingerprint density at radius 3 is 2.37 bits per heavy atom. The van der Waals surface area contributed by atoms with Crippen molar-refractivity contribution in [3.05, 3.63) is 35.4 Å². The molecule has 106 valence electrons. The first-order chi connectivity index (χ1) is 9.24. The lowest BCUT2D eigenvalue weighted by atomic mass is 10.1. The molecule has 0 amide bonds. The number of nitrogens with two attached hydrogens (primary N) is 1. The van der Waals surface area contributed by atoms with Gasteiger partial charge in [0, 0.05) is 25.7 Å². The zero-order valence-corrected chi connectivity index (χ0v) is 12.1. The van der Waals surface area contributed by atoms with Gasteiger partial charge in [-0.2, -0.15) is 0 Å². The molecule has 1 aliphatic heterocycles. The van der Waals surface area contributed by atoms with Crippen molar-refractivity contribution in [1.29, 1.82) is 0 Å². The van der Waals surface area contributed by atoms with Crippen LogP contribution in [-0.2, 0) is 13.1 Å². The summed E-state index contributed by atoms with van der Waals surface area (Å²) in [5.74, 6) is 0. The predicted molar refractivity (Wildman–Crippen MR) is 80.9 cm³/mol. The van der Waals surface area contributed by atoms with Crippen molar-refractivity contribution < 1.29 is 0 Å². The second-order valence-corrected chi connectivity index (χ2v) is 5.76. The number of rotatable bonds is 6. The topological polar surface area (TPSA) is 41.3 Å². The number of hydrogen-bond acceptors (Lipinski definition) is 3. The molecule has 0 spiro atoms. The van der Waals surface area contributed by atoms with Crippen LogP contribution in [0.5, 0.6) is 0 Å². The van der Waals surface area contributed by atoms with E-state index in [2.05, 4.69) is 34.5 Å². The maximum absolute atomic E-state index is 5.72. The van der Waals surface area contributed by atoms with Gasteiger partial charge < -0.3 is 11.1 Å². The number of nitrogens with one attached hydrogen (secondary N) is 1. The molecular weight excluding hydrogens is 234 g/mol. The summed E-state index contributed by atoms with van der Waals surface area (Å²) >= 11 is 0. The third-order valence-corrected chi connectivity index (χ3v) is 3.67.